The molecule has 0 saturated heterocycles. The summed E-state index contributed by atoms with van der Waals surface area (Å²) in [7, 11) is 0. The van der Waals surface area contributed by atoms with E-state index in [1.807, 2.05) is 0 Å². The van der Waals surface area contributed by atoms with Crippen molar-refractivity contribution in [1.82, 2.24) is 19.9 Å². The Hall–Kier alpha value is -1.60. The maximum atomic E-state index is 13.4. The van der Waals surface area contributed by atoms with Gasteiger partial charge in [0, 0.05) is 11.8 Å². The van der Waals surface area contributed by atoms with Gasteiger partial charge in [-0.3, -0.25) is 9.78 Å². The van der Waals surface area contributed by atoms with Crippen LogP contribution in [0.25, 0.3) is 0 Å². The van der Waals surface area contributed by atoms with Gasteiger partial charge in [-0.25, -0.2) is 4.39 Å². The van der Waals surface area contributed by atoms with Crippen molar-refractivity contribution in [1.29, 1.82) is 0 Å². The third-order valence-corrected chi connectivity index (χ3v) is 3.14. The van der Waals surface area contributed by atoms with E-state index < -0.39 is 5.82 Å². The summed E-state index contributed by atoms with van der Waals surface area (Å²) in [6, 6.07) is 0. The summed E-state index contributed by atoms with van der Waals surface area (Å²) in [6.45, 7) is 0.320. The lowest BCUT2D eigenvalue weighted by Gasteiger charge is -2.05. The third kappa shape index (κ3) is 3.21. The number of hydrogen-bond donors (Lipinski definition) is 1. The Morgan fingerprint density at radius 1 is 1.44 bits per heavy atom. The number of nitrogens with zero attached hydrogens (tertiary/aromatic N) is 3. The second kappa shape index (κ2) is 5.83. The number of hydrogen-bond acceptors (Lipinski definition) is 5. The molecule has 0 aliphatic carbocycles. The lowest BCUT2D eigenvalue weighted by atomic mass is 10.2. The Morgan fingerprint density at radius 3 is 2.94 bits per heavy atom. The van der Waals surface area contributed by atoms with Crippen LogP contribution in [0.2, 0.25) is 5.02 Å². The number of aromatic nitrogens is 3. The molecule has 1 N–H and O–H groups in total. The molecule has 18 heavy (non-hydrogen) atoms. The molecule has 5 nitrogen and oxygen atoms in total. The van der Waals surface area contributed by atoms with Gasteiger partial charge < -0.3 is 5.32 Å². The zero-order chi connectivity index (χ0) is 13.0. The van der Waals surface area contributed by atoms with Crippen LogP contribution >= 0.6 is 23.1 Å². The summed E-state index contributed by atoms with van der Waals surface area (Å²) < 4.78 is 17.0. The fraction of sp³-hybridized carbons (Fsp3) is 0.200. The predicted molar refractivity (Wildman–Crippen MR) is 64.7 cm³/mol. The second-order valence-electron chi connectivity index (χ2n) is 3.42. The van der Waals surface area contributed by atoms with Crippen molar-refractivity contribution in [2.24, 2.45) is 0 Å². The van der Waals surface area contributed by atoms with Crippen molar-refractivity contribution in [2.75, 3.05) is 0 Å². The molecular formula is C10H8ClFN4OS. The first-order valence-electron chi connectivity index (χ1n) is 4.97. The number of carbonyl (C=O) groups excluding carboxylic acids is 1. The van der Waals surface area contributed by atoms with Crippen LogP contribution in [-0.4, -0.2) is 20.5 Å². The van der Waals surface area contributed by atoms with E-state index in [-0.39, 0.29) is 22.9 Å². The largest absolute Gasteiger partial charge is 0.351 e. The van der Waals surface area contributed by atoms with Gasteiger partial charge in [-0.15, -0.1) is 5.10 Å². The Morgan fingerprint density at radius 2 is 2.28 bits per heavy atom. The fourth-order valence-corrected chi connectivity index (χ4v) is 1.92. The standard InChI is InChI=1S/C10H8ClFN4OS/c11-8-4-13-5-9(12)7(8)1-10(17)14-2-6-3-15-16-18-6/h3-5H,1-2H2,(H,14,17). The van der Waals surface area contributed by atoms with Crippen LogP contribution in [0.5, 0.6) is 0 Å². The van der Waals surface area contributed by atoms with Crippen LogP contribution < -0.4 is 5.32 Å². The van der Waals surface area contributed by atoms with Gasteiger partial charge >= 0.3 is 0 Å². The van der Waals surface area contributed by atoms with Gasteiger partial charge in [-0.2, -0.15) is 0 Å². The number of pyridine rings is 1. The molecular weight excluding hydrogens is 279 g/mol. The van der Waals surface area contributed by atoms with Crippen LogP contribution in [0.1, 0.15) is 10.4 Å². The van der Waals surface area contributed by atoms with E-state index in [9.17, 15) is 9.18 Å². The minimum Gasteiger partial charge on any atom is -0.351 e. The zero-order valence-electron chi connectivity index (χ0n) is 9.06. The minimum atomic E-state index is -0.586. The molecule has 0 fully saturated rings. The first kappa shape index (κ1) is 12.8. The van der Waals surface area contributed by atoms with Gasteiger partial charge in [0.15, 0.2) is 0 Å². The Labute approximate surface area is 111 Å². The Balaban J connectivity index is 1.95. The van der Waals surface area contributed by atoms with Gasteiger partial charge in [0.25, 0.3) is 0 Å². The topological polar surface area (TPSA) is 67.8 Å². The minimum absolute atomic E-state index is 0.126. The summed E-state index contributed by atoms with van der Waals surface area (Å²) in [4.78, 5) is 16.0. The van der Waals surface area contributed by atoms with Gasteiger partial charge in [0.1, 0.15) is 5.82 Å². The first-order valence-corrected chi connectivity index (χ1v) is 6.12. The lowest BCUT2D eigenvalue weighted by Crippen LogP contribution is -2.24. The maximum absolute atomic E-state index is 13.4. The fourth-order valence-electron chi connectivity index (χ4n) is 1.28. The van der Waals surface area contributed by atoms with E-state index in [4.69, 9.17) is 11.6 Å². The molecule has 0 atom stereocenters. The van der Waals surface area contributed by atoms with Gasteiger partial charge in [0.2, 0.25) is 5.91 Å². The van der Waals surface area contributed by atoms with E-state index in [1.54, 1.807) is 6.20 Å². The van der Waals surface area contributed by atoms with Crippen LogP contribution in [0, 0.1) is 5.82 Å². The monoisotopic (exact) mass is 286 g/mol. The molecule has 8 heteroatoms. The lowest BCUT2D eigenvalue weighted by molar-refractivity contribution is -0.120. The number of nitrogens with one attached hydrogen (secondary N) is 1. The first-order chi connectivity index (χ1) is 8.66. The highest BCUT2D eigenvalue weighted by molar-refractivity contribution is 7.05. The molecule has 0 aliphatic heterocycles. The molecule has 2 aromatic heterocycles. The third-order valence-electron chi connectivity index (χ3n) is 2.16. The molecule has 0 unspecified atom stereocenters. The van der Waals surface area contributed by atoms with Crippen molar-refractivity contribution >= 4 is 29.0 Å². The molecule has 0 aliphatic rings. The van der Waals surface area contributed by atoms with E-state index in [1.165, 1.54) is 17.7 Å². The normalized spacial score (nSPS) is 10.3. The number of halogens is 2. The molecule has 2 aromatic rings. The molecule has 94 valence electrons. The molecule has 0 bridgehead atoms. The van der Waals surface area contributed by atoms with Crippen LogP contribution in [0.4, 0.5) is 4.39 Å². The number of carbonyl (C=O) groups is 1. The Kier molecular flexibility index (Phi) is 4.16. The summed E-state index contributed by atoms with van der Waals surface area (Å²) in [5.74, 6) is -0.910. The van der Waals surface area contributed by atoms with Crippen molar-refractivity contribution in [3.05, 3.63) is 39.9 Å². The zero-order valence-corrected chi connectivity index (χ0v) is 10.6. The maximum Gasteiger partial charge on any atom is 0.224 e. The Bertz CT molecular complexity index is 529. The average Bonchev–Trinajstić information content (AvgIpc) is 2.84. The van der Waals surface area contributed by atoms with E-state index in [0.717, 1.165) is 11.1 Å². The number of rotatable bonds is 4. The smallest absolute Gasteiger partial charge is 0.224 e. The molecule has 1 amide bonds. The summed E-state index contributed by atoms with van der Waals surface area (Å²) in [6.07, 6.45) is 3.77. The van der Waals surface area contributed by atoms with Gasteiger partial charge in [-0.05, 0) is 11.5 Å². The highest BCUT2D eigenvalue weighted by Crippen LogP contribution is 2.17. The molecule has 0 radical (unpaired) electrons. The van der Waals surface area contributed by atoms with Crippen molar-refractivity contribution in [3.63, 3.8) is 0 Å². The summed E-state index contributed by atoms with van der Waals surface area (Å²) in [5, 5.41) is 6.42. The number of amides is 1. The average molecular weight is 287 g/mol. The molecule has 0 saturated carbocycles. The highest BCUT2D eigenvalue weighted by atomic mass is 35.5. The molecule has 0 spiro atoms. The van der Waals surface area contributed by atoms with Crippen LogP contribution in [0.15, 0.2) is 18.6 Å². The van der Waals surface area contributed by atoms with Gasteiger partial charge in [0.05, 0.1) is 35.3 Å². The van der Waals surface area contributed by atoms with Crippen molar-refractivity contribution in [3.8, 4) is 0 Å². The molecule has 2 heterocycles. The van der Waals surface area contributed by atoms with Crippen LogP contribution in [-0.2, 0) is 17.8 Å². The van der Waals surface area contributed by atoms with E-state index in [0.29, 0.717) is 6.54 Å². The second-order valence-corrected chi connectivity index (χ2v) is 4.70. The molecule has 0 aromatic carbocycles. The van der Waals surface area contributed by atoms with E-state index >= 15 is 0 Å². The summed E-state index contributed by atoms with van der Waals surface area (Å²) in [5.41, 5.74) is 0.145. The van der Waals surface area contributed by atoms with E-state index in [2.05, 4.69) is 19.9 Å². The quantitative estimate of drug-likeness (QED) is 0.927. The summed E-state index contributed by atoms with van der Waals surface area (Å²) >= 11 is 6.96. The predicted octanol–water partition coefficient (Wildman–Crippen LogP) is 1.58. The van der Waals surface area contributed by atoms with Crippen molar-refractivity contribution < 1.29 is 9.18 Å². The van der Waals surface area contributed by atoms with Crippen molar-refractivity contribution in [2.45, 2.75) is 13.0 Å². The van der Waals surface area contributed by atoms with Crippen LogP contribution in [0.3, 0.4) is 0 Å². The SMILES string of the molecule is O=C(Cc1c(F)cncc1Cl)NCc1cnns1. The molecule has 2 rings (SSSR count). The highest BCUT2D eigenvalue weighted by Gasteiger charge is 2.12. The van der Waals surface area contributed by atoms with Gasteiger partial charge in [-0.1, -0.05) is 16.1 Å².